The zero-order chi connectivity index (χ0) is 12.9. The molecule has 1 unspecified atom stereocenters. The highest BCUT2D eigenvalue weighted by atomic mass is 16.3. The summed E-state index contributed by atoms with van der Waals surface area (Å²) in [5, 5.41) is 12.0. The van der Waals surface area contributed by atoms with Gasteiger partial charge in [0.25, 0.3) is 0 Å². The van der Waals surface area contributed by atoms with Gasteiger partial charge in [-0.2, -0.15) is 0 Å². The molecule has 0 aliphatic heterocycles. The zero-order valence-electron chi connectivity index (χ0n) is 10.3. The van der Waals surface area contributed by atoms with E-state index in [0.29, 0.717) is 6.42 Å². The number of amides is 1. The summed E-state index contributed by atoms with van der Waals surface area (Å²) in [6, 6.07) is 8.48. The van der Waals surface area contributed by atoms with E-state index in [4.69, 9.17) is 5.73 Å². The Morgan fingerprint density at radius 1 is 1.47 bits per heavy atom. The SMILES string of the molecule is CCC(C)(CO)NC(=O)[C@@H](N)c1ccccc1. The van der Waals surface area contributed by atoms with Crippen LogP contribution in [0.5, 0.6) is 0 Å². The van der Waals surface area contributed by atoms with Crippen LogP contribution in [0.4, 0.5) is 0 Å². The van der Waals surface area contributed by atoms with Gasteiger partial charge in [0.15, 0.2) is 0 Å². The number of carbonyl (C=O) groups is 1. The first kappa shape index (κ1) is 13.7. The predicted molar refractivity (Wildman–Crippen MR) is 67.3 cm³/mol. The molecule has 0 spiro atoms. The molecule has 0 heterocycles. The number of aliphatic hydroxyl groups is 1. The summed E-state index contributed by atoms with van der Waals surface area (Å²) >= 11 is 0. The lowest BCUT2D eigenvalue weighted by Gasteiger charge is -2.28. The summed E-state index contributed by atoms with van der Waals surface area (Å²) in [5.74, 6) is -0.269. The minimum absolute atomic E-state index is 0.100. The highest BCUT2D eigenvalue weighted by Gasteiger charge is 2.26. The molecule has 0 radical (unpaired) electrons. The standard InChI is InChI=1S/C13H20N2O2/c1-3-13(2,9-16)15-12(17)11(14)10-7-5-4-6-8-10/h4-8,11,16H,3,9,14H2,1-2H3,(H,15,17)/t11-,13?/m0/s1. The molecule has 1 amide bonds. The van der Waals surface area contributed by atoms with Crippen LogP contribution in [0.25, 0.3) is 0 Å². The van der Waals surface area contributed by atoms with Gasteiger partial charge < -0.3 is 16.2 Å². The van der Waals surface area contributed by atoms with Gasteiger partial charge in [-0.3, -0.25) is 4.79 Å². The summed E-state index contributed by atoms with van der Waals surface area (Å²) in [6.07, 6.45) is 0.650. The Bertz CT molecular complexity index is 361. The van der Waals surface area contributed by atoms with Crippen LogP contribution in [0.15, 0.2) is 30.3 Å². The largest absolute Gasteiger partial charge is 0.394 e. The van der Waals surface area contributed by atoms with E-state index < -0.39 is 11.6 Å². The maximum absolute atomic E-state index is 11.9. The van der Waals surface area contributed by atoms with Crippen molar-refractivity contribution >= 4 is 5.91 Å². The molecule has 0 saturated carbocycles. The number of hydrogen-bond donors (Lipinski definition) is 3. The van der Waals surface area contributed by atoms with Gasteiger partial charge in [0.2, 0.25) is 5.91 Å². The van der Waals surface area contributed by atoms with E-state index in [1.54, 1.807) is 6.92 Å². The average Bonchev–Trinajstić information content (AvgIpc) is 2.38. The maximum atomic E-state index is 11.9. The van der Waals surface area contributed by atoms with E-state index in [2.05, 4.69) is 5.32 Å². The Labute approximate surface area is 102 Å². The molecule has 1 aromatic rings. The molecule has 2 atom stereocenters. The first-order chi connectivity index (χ1) is 8.02. The number of hydrogen-bond acceptors (Lipinski definition) is 3. The van der Waals surface area contributed by atoms with Crippen molar-refractivity contribution in [3.63, 3.8) is 0 Å². The Hall–Kier alpha value is -1.39. The van der Waals surface area contributed by atoms with Gasteiger partial charge in [0, 0.05) is 0 Å². The Kier molecular flexibility index (Phi) is 4.66. The molecule has 4 nitrogen and oxygen atoms in total. The van der Waals surface area contributed by atoms with Crippen LogP contribution < -0.4 is 11.1 Å². The van der Waals surface area contributed by atoms with Crippen LogP contribution in [-0.4, -0.2) is 23.2 Å². The third kappa shape index (κ3) is 3.54. The number of benzene rings is 1. The number of nitrogens with one attached hydrogen (secondary N) is 1. The fraction of sp³-hybridized carbons (Fsp3) is 0.462. The third-order valence-corrected chi connectivity index (χ3v) is 3.00. The first-order valence-electron chi connectivity index (χ1n) is 5.76. The highest BCUT2D eigenvalue weighted by Crippen LogP contribution is 2.13. The van der Waals surface area contributed by atoms with Crippen molar-refractivity contribution < 1.29 is 9.90 Å². The summed E-state index contributed by atoms with van der Waals surface area (Å²) in [7, 11) is 0. The Balaban J connectivity index is 2.71. The van der Waals surface area contributed by atoms with Crippen molar-refractivity contribution in [2.75, 3.05) is 6.61 Å². The molecule has 0 fully saturated rings. The lowest BCUT2D eigenvalue weighted by molar-refractivity contribution is -0.124. The quantitative estimate of drug-likeness (QED) is 0.713. The van der Waals surface area contributed by atoms with E-state index in [1.807, 2.05) is 37.3 Å². The molecule has 0 aliphatic rings. The first-order valence-corrected chi connectivity index (χ1v) is 5.76. The molecular formula is C13H20N2O2. The van der Waals surface area contributed by atoms with Crippen LogP contribution in [0.3, 0.4) is 0 Å². The minimum Gasteiger partial charge on any atom is -0.394 e. The Morgan fingerprint density at radius 2 is 2.06 bits per heavy atom. The molecule has 4 N–H and O–H groups in total. The number of aliphatic hydroxyl groups excluding tert-OH is 1. The van der Waals surface area contributed by atoms with Crippen molar-refractivity contribution in [3.8, 4) is 0 Å². The normalized spacial score (nSPS) is 16.0. The second kappa shape index (κ2) is 5.80. The summed E-state index contributed by atoms with van der Waals surface area (Å²) in [6.45, 7) is 3.60. The van der Waals surface area contributed by atoms with Crippen molar-refractivity contribution in [1.29, 1.82) is 0 Å². The second-order valence-electron chi connectivity index (χ2n) is 4.45. The second-order valence-corrected chi connectivity index (χ2v) is 4.45. The molecule has 1 rings (SSSR count). The smallest absolute Gasteiger partial charge is 0.242 e. The molecule has 17 heavy (non-hydrogen) atoms. The van der Waals surface area contributed by atoms with E-state index in [9.17, 15) is 9.90 Å². The lowest BCUT2D eigenvalue weighted by Crippen LogP contribution is -2.51. The molecule has 0 aromatic heterocycles. The van der Waals surface area contributed by atoms with E-state index in [-0.39, 0.29) is 12.5 Å². The van der Waals surface area contributed by atoms with Gasteiger partial charge >= 0.3 is 0 Å². The predicted octanol–water partition coefficient (Wildman–Crippen LogP) is 0.964. The van der Waals surface area contributed by atoms with Crippen LogP contribution in [-0.2, 0) is 4.79 Å². The fourth-order valence-electron chi connectivity index (χ4n) is 1.43. The molecule has 1 aromatic carbocycles. The summed E-state index contributed by atoms with van der Waals surface area (Å²) in [5.41, 5.74) is 6.02. The van der Waals surface area contributed by atoms with Gasteiger partial charge in [0.1, 0.15) is 6.04 Å². The van der Waals surface area contributed by atoms with Crippen LogP contribution in [0, 0.1) is 0 Å². The van der Waals surface area contributed by atoms with Crippen molar-refractivity contribution in [1.82, 2.24) is 5.32 Å². The van der Waals surface area contributed by atoms with Gasteiger partial charge in [-0.05, 0) is 18.9 Å². The monoisotopic (exact) mass is 236 g/mol. The molecule has 0 bridgehead atoms. The van der Waals surface area contributed by atoms with Gasteiger partial charge in [-0.15, -0.1) is 0 Å². The number of carbonyl (C=O) groups excluding carboxylic acids is 1. The third-order valence-electron chi connectivity index (χ3n) is 3.00. The molecular weight excluding hydrogens is 216 g/mol. The van der Waals surface area contributed by atoms with Crippen molar-refractivity contribution in [2.45, 2.75) is 31.8 Å². The summed E-state index contributed by atoms with van der Waals surface area (Å²) in [4.78, 5) is 11.9. The van der Waals surface area contributed by atoms with E-state index >= 15 is 0 Å². The minimum atomic E-state index is -0.700. The fourth-order valence-corrected chi connectivity index (χ4v) is 1.43. The zero-order valence-corrected chi connectivity index (χ0v) is 10.3. The Morgan fingerprint density at radius 3 is 2.53 bits per heavy atom. The average molecular weight is 236 g/mol. The molecule has 0 saturated heterocycles. The molecule has 4 heteroatoms. The van der Waals surface area contributed by atoms with E-state index in [0.717, 1.165) is 5.56 Å². The van der Waals surface area contributed by atoms with Crippen molar-refractivity contribution in [3.05, 3.63) is 35.9 Å². The maximum Gasteiger partial charge on any atom is 0.242 e. The van der Waals surface area contributed by atoms with Crippen molar-refractivity contribution in [2.24, 2.45) is 5.73 Å². The number of nitrogens with two attached hydrogens (primary N) is 1. The molecule has 94 valence electrons. The van der Waals surface area contributed by atoms with Gasteiger partial charge in [-0.1, -0.05) is 37.3 Å². The van der Waals surface area contributed by atoms with E-state index in [1.165, 1.54) is 0 Å². The highest BCUT2D eigenvalue weighted by molar-refractivity contribution is 5.83. The number of rotatable bonds is 5. The topological polar surface area (TPSA) is 75.3 Å². The summed E-state index contributed by atoms with van der Waals surface area (Å²) < 4.78 is 0. The molecule has 0 aliphatic carbocycles. The van der Waals surface area contributed by atoms with Crippen LogP contribution in [0.2, 0.25) is 0 Å². The van der Waals surface area contributed by atoms with Crippen LogP contribution >= 0.6 is 0 Å². The lowest BCUT2D eigenvalue weighted by atomic mass is 9.98. The van der Waals surface area contributed by atoms with Gasteiger partial charge in [-0.25, -0.2) is 0 Å². The van der Waals surface area contributed by atoms with Crippen LogP contribution in [0.1, 0.15) is 31.9 Å². The van der Waals surface area contributed by atoms with Gasteiger partial charge in [0.05, 0.1) is 12.1 Å².